The summed E-state index contributed by atoms with van der Waals surface area (Å²) in [6.45, 7) is 4.12. The maximum atomic E-state index is 12.5. The molecule has 1 aromatic heterocycles. The van der Waals surface area contributed by atoms with Crippen LogP contribution in [0, 0.1) is 0 Å². The first kappa shape index (κ1) is 15.1. The zero-order valence-electron chi connectivity index (χ0n) is 13.1. The summed E-state index contributed by atoms with van der Waals surface area (Å²) in [4.78, 5) is 21.1. The Kier molecular flexibility index (Phi) is 4.77. The second-order valence-corrected chi connectivity index (χ2v) is 5.87. The van der Waals surface area contributed by atoms with Crippen LogP contribution in [-0.4, -0.2) is 61.7 Å². The molecule has 6 nitrogen and oxygen atoms in total. The molecule has 1 aromatic rings. The molecule has 0 bridgehead atoms. The predicted molar refractivity (Wildman–Crippen MR) is 85.2 cm³/mol. The van der Waals surface area contributed by atoms with Gasteiger partial charge in [-0.3, -0.25) is 4.79 Å². The lowest BCUT2D eigenvalue weighted by Gasteiger charge is -2.37. The van der Waals surface area contributed by atoms with E-state index in [1.165, 1.54) is 6.42 Å². The summed E-state index contributed by atoms with van der Waals surface area (Å²) >= 11 is 0. The largest absolute Gasteiger partial charge is 0.497 e. The van der Waals surface area contributed by atoms with Gasteiger partial charge in [0.1, 0.15) is 11.6 Å². The zero-order chi connectivity index (χ0) is 15.4. The van der Waals surface area contributed by atoms with Crippen LogP contribution in [0.5, 0.6) is 5.75 Å². The van der Waals surface area contributed by atoms with Crippen molar-refractivity contribution < 1.29 is 9.53 Å². The highest BCUT2D eigenvalue weighted by atomic mass is 16.5. The molecule has 120 valence electrons. The Balaban J connectivity index is 1.56. The first-order valence-electron chi connectivity index (χ1n) is 8.05. The Hall–Kier alpha value is -1.82. The summed E-state index contributed by atoms with van der Waals surface area (Å²) in [5, 5.41) is 3.34. The van der Waals surface area contributed by atoms with E-state index in [1.807, 2.05) is 17.0 Å². The highest BCUT2D eigenvalue weighted by Gasteiger charge is 2.28. The monoisotopic (exact) mass is 304 g/mol. The summed E-state index contributed by atoms with van der Waals surface area (Å²) in [6.07, 6.45) is 5.06. The summed E-state index contributed by atoms with van der Waals surface area (Å²) < 4.78 is 5.24. The Labute approximate surface area is 131 Å². The predicted octanol–water partition coefficient (Wildman–Crippen LogP) is 0.881. The number of piperidine rings is 1. The normalized spacial score (nSPS) is 22.5. The molecular weight excluding hydrogens is 280 g/mol. The average Bonchev–Trinajstić information content (AvgIpc) is 2.62. The molecule has 0 spiro atoms. The van der Waals surface area contributed by atoms with Crippen molar-refractivity contribution in [2.24, 2.45) is 0 Å². The van der Waals surface area contributed by atoms with Gasteiger partial charge in [-0.2, -0.15) is 0 Å². The van der Waals surface area contributed by atoms with Gasteiger partial charge < -0.3 is 19.9 Å². The van der Waals surface area contributed by atoms with Gasteiger partial charge >= 0.3 is 0 Å². The van der Waals surface area contributed by atoms with Crippen LogP contribution in [-0.2, 0) is 4.79 Å². The smallest absolute Gasteiger partial charge is 0.239 e. The Bertz CT molecular complexity index is 509. The van der Waals surface area contributed by atoms with Gasteiger partial charge in [0.15, 0.2) is 0 Å². The highest BCUT2D eigenvalue weighted by molar-refractivity contribution is 5.82. The number of hydrogen-bond donors (Lipinski definition) is 1. The topological polar surface area (TPSA) is 57.7 Å². The van der Waals surface area contributed by atoms with Crippen molar-refractivity contribution in [1.82, 2.24) is 15.2 Å². The quantitative estimate of drug-likeness (QED) is 0.898. The maximum absolute atomic E-state index is 12.5. The lowest BCUT2D eigenvalue weighted by Crippen LogP contribution is -2.55. The number of carbonyl (C=O) groups is 1. The molecule has 0 aromatic carbocycles. The van der Waals surface area contributed by atoms with E-state index in [0.717, 1.165) is 57.1 Å². The molecule has 6 heteroatoms. The fourth-order valence-electron chi connectivity index (χ4n) is 3.14. The minimum Gasteiger partial charge on any atom is -0.497 e. The molecule has 2 aliphatic rings. The van der Waals surface area contributed by atoms with Crippen LogP contribution in [0.15, 0.2) is 18.3 Å². The number of methoxy groups -OCH3 is 1. The van der Waals surface area contributed by atoms with Gasteiger partial charge in [-0.05, 0) is 25.5 Å². The van der Waals surface area contributed by atoms with Crippen LogP contribution in [0.1, 0.15) is 19.3 Å². The van der Waals surface area contributed by atoms with Crippen LogP contribution < -0.4 is 15.0 Å². The molecule has 1 atom stereocenters. The SMILES string of the molecule is COc1ccnc(N2CCN(C(=O)[C@H]3CCCCN3)CC2)c1. The number of amides is 1. The van der Waals surface area contributed by atoms with Gasteiger partial charge in [0.05, 0.1) is 13.2 Å². The third-order valence-electron chi connectivity index (χ3n) is 4.48. The second-order valence-electron chi connectivity index (χ2n) is 5.87. The van der Waals surface area contributed by atoms with E-state index >= 15 is 0 Å². The van der Waals surface area contributed by atoms with E-state index in [-0.39, 0.29) is 11.9 Å². The van der Waals surface area contributed by atoms with Crippen LogP contribution in [0.4, 0.5) is 5.82 Å². The van der Waals surface area contributed by atoms with Gasteiger partial charge in [-0.25, -0.2) is 4.98 Å². The number of aromatic nitrogens is 1. The van der Waals surface area contributed by atoms with Crippen LogP contribution in [0.25, 0.3) is 0 Å². The van der Waals surface area contributed by atoms with Gasteiger partial charge in [-0.1, -0.05) is 6.42 Å². The fourth-order valence-corrected chi connectivity index (χ4v) is 3.14. The molecule has 2 aliphatic heterocycles. The second kappa shape index (κ2) is 6.96. The first-order chi connectivity index (χ1) is 10.8. The van der Waals surface area contributed by atoms with Crippen molar-refractivity contribution in [1.29, 1.82) is 0 Å². The summed E-state index contributed by atoms with van der Waals surface area (Å²) in [7, 11) is 1.66. The number of anilines is 1. The Morgan fingerprint density at radius 3 is 2.82 bits per heavy atom. The van der Waals surface area contributed by atoms with Crippen molar-refractivity contribution >= 4 is 11.7 Å². The highest BCUT2D eigenvalue weighted by Crippen LogP contribution is 2.20. The Morgan fingerprint density at radius 1 is 1.32 bits per heavy atom. The molecule has 0 unspecified atom stereocenters. The number of pyridine rings is 1. The van der Waals surface area contributed by atoms with E-state index in [9.17, 15) is 4.79 Å². The van der Waals surface area contributed by atoms with Crippen LogP contribution in [0.2, 0.25) is 0 Å². The van der Waals surface area contributed by atoms with Crippen molar-refractivity contribution in [3.63, 3.8) is 0 Å². The fraction of sp³-hybridized carbons (Fsp3) is 0.625. The molecule has 22 heavy (non-hydrogen) atoms. The van der Waals surface area contributed by atoms with E-state index in [1.54, 1.807) is 13.3 Å². The van der Waals surface area contributed by atoms with E-state index in [0.29, 0.717) is 0 Å². The summed E-state index contributed by atoms with van der Waals surface area (Å²) in [5.74, 6) is 2.00. The molecular formula is C16H24N4O2. The number of nitrogens with zero attached hydrogens (tertiary/aromatic N) is 3. The van der Waals surface area contributed by atoms with Gasteiger partial charge in [0.25, 0.3) is 0 Å². The summed E-state index contributed by atoms with van der Waals surface area (Å²) in [5.41, 5.74) is 0. The molecule has 1 N–H and O–H groups in total. The standard InChI is InChI=1S/C16H24N4O2/c1-22-13-5-7-18-15(12-13)19-8-10-20(11-9-19)16(21)14-4-2-3-6-17-14/h5,7,12,14,17H,2-4,6,8-11H2,1H3/t14-/m1/s1. The van der Waals surface area contributed by atoms with Crippen LogP contribution >= 0.6 is 0 Å². The van der Waals surface area contributed by atoms with Crippen molar-refractivity contribution in [3.8, 4) is 5.75 Å². The number of rotatable bonds is 3. The minimum absolute atomic E-state index is 0.0234. The molecule has 3 heterocycles. The average molecular weight is 304 g/mol. The number of piperazine rings is 1. The Morgan fingerprint density at radius 2 is 2.14 bits per heavy atom. The van der Waals surface area contributed by atoms with Gasteiger partial charge in [0.2, 0.25) is 5.91 Å². The number of carbonyl (C=O) groups excluding carboxylic acids is 1. The molecule has 3 rings (SSSR count). The zero-order valence-corrected chi connectivity index (χ0v) is 13.1. The number of hydrogen-bond acceptors (Lipinski definition) is 5. The van der Waals surface area contributed by atoms with Crippen LogP contribution in [0.3, 0.4) is 0 Å². The molecule has 0 radical (unpaired) electrons. The van der Waals surface area contributed by atoms with E-state index in [4.69, 9.17) is 4.74 Å². The van der Waals surface area contributed by atoms with Gasteiger partial charge in [-0.15, -0.1) is 0 Å². The number of nitrogens with one attached hydrogen (secondary N) is 1. The third-order valence-corrected chi connectivity index (χ3v) is 4.48. The number of ether oxygens (including phenoxy) is 1. The lowest BCUT2D eigenvalue weighted by molar-refractivity contribution is -0.134. The van der Waals surface area contributed by atoms with E-state index in [2.05, 4.69) is 15.2 Å². The van der Waals surface area contributed by atoms with Crippen molar-refractivity contribution in [2.75, 3.05) is 44.7 Å². The maximum Gasteiger partial charge on any atom is 0.239 e. The summed E-state index contributed by atoms with van der Waals surface area (Å²) in [6, 6.07) is 3.81. The van der Waals surface area contributed by atoms with Crippen molar-refractivity contribution in [2.45, 2.75) is 25.3 Å². The first-order valence-corrected chi connectivity index (χ1v) is 8.05. The molecule has 2 saturated heterocycles. The van der Waals surface area contributed by atoms with Gasteiger partial charge in [0, 0.05) is 38.4 Å². The molecule has 1 amide bonds. The lowest BCUT2D eigenvalue weighted by atomic mass is 10.0. The minimum atomic E-state index is 0.0234. The van der Waals surface area contributed by atoms with Crippen molar-refractivity contribution in [3.05, 3.63) is 18.3 Å². The molecule has 2 fully saturated rings. The molecule has 0 saturated carbocycles. The molecule has 0 aliphatic carbocycles. The van der Waals surface area contributed by atoms with E-state index < -0.39 is 0 Å². The third kappa shape index (κ3) is 3.32.